The maximum absolute atomic E-state index is 12.7. The third kappa shape index (κ3) is 6.04. The average molecular weight is 453 g/mol. The largest absolute Gasteiger partial charge is 0.465 e. The molecule has 0 bridgehead atoms. The van der Waals surface area contributed by atoms with Crippen molar-refractivity contribution >= 4 is 46.2 Å². The van der Waals surface area contributed by atoms with E-state index < -0.39 is 11.2 Å². The first kappa shape index (κ1) is 23.2. The minimum Gasteiger partial charge on any atom is -0.465 e. The van der Waals surface area contributed by atoms with Crippen LogP contribution in [0.3, 0.4) is 0 Å². The molecule has 1 aliphatic heterocycles. The Hall–Kier alpha value is -3.46. The van der Waals surface area contributed by atoms with Gasteiger partial charge in [-0.05, 0) is 43.2 Å². The second-order valence-corrected chi connectivity index (χ2v) is 8.43. The van der Waals surface area contributed by atoms with E-state index in [1.165, 1.54) is 7.11 Å². The number of hydrogen-bond acceptors (Lipinski definition) is 6. The Morgan fingerprint density at radius 1 is 1.19 bits per heavy atom. The Balaban J connectivity index is 1.64. The van der Waals surface area contributed by atoms with E-state index in [0.29, 0.717) is 29.4 Å². The maximum Gasteiger partial charge on any atom is 0.337 e. The van der Waals surface area contributed by atoms with E-state index in [9.17, 15) is 14.4 Å². The third-order valence-corrected chi connectivity index (χ3v) is 5.88. The summed E-state index contributed by atoms with van der Waals surface area (Å²) < 4.78 is 4.66. The van der Waals surface area contributed by atoms with Crippen LogP contribution in [0.2, 0.25) is 0 Å². The molecule has 0 aliphatic carbocycles. The van der Waals surface area contributed by atoms with Gasteiger partial charge in [-0.2, -0.15) is 4.99 Å². The Labute approximate surface area is 190 Å². The molecule has 1 atom stereocenters. The van der Waals surface area contributed by atoms with Gasteiger partial charge in [0.05, 0.1) is 24.3 Å². The number of methoxy groups -OCH3 is 1. The minimum absolute atomic E-state index is 0.0496. The van der Waals surface area contributed by atoms with Gasteiger partial charge in [0.2, 0.25) is 5.91 Å². The quantitative estimate of drug-likeness (QED) is 0.623. The van der Waals surface area contributed by atoms with Gasteiger partial charge in [0.1, 0.15) is 5.84 Å². The second-order valence-electron chi connectivity index (χ2n) is 7.12. The first-order valence-corrected chi connectivity index (χ1v) is 10.9. The van der Waals surface area contributed by atoms with Crippen LogP contribution in [0.15, 0.2) is 59.6 Å². The van der Waals surface area contributed by atoms with Crippen molar-refractivity contribution in [1.29, 1.82) is 5.41 Å². The van der Waals surface area contributed by atoms with Crippen LogP contribution < -0.4 is 5.32 Å². The Bertz CT molecular complexity index is 1040. The Kier molecular flexibility index (Phi) is 7.77. The first-order chi connectivity index (χ1) is 15.4. The molecule has 0 fully saturated rings. The SMILES string of the molecule is COC(=O)c1ccc(NC(=O)C(C)SC2=NC(=O)CC(=N)N2CCc2ccccc2)cc1. The van der Waals surface area contributed by atoms with E-state index in [0.717, 1.165) is 17.3 Å². The highest BCUT2D eigenvalue weighted by Gasteiger charge is 2.28. The van der Waals surface area contributed by atoms with Gasteiger partial charge >= 0.3 is 5.97 Å². The summed E-state index contributed by atoms with van der Waals surface area (Å²) >= 11 is 1.14. The molecule has 32 heavy (non-hydrogen) atoms. The minimum atomic E-state index is -0.563. The van der Waals surface area contributed by atoms with Crippen LogP contribution in [0.1, 0.15) is 29.3 Å². The smallest absolute Gasteiger partial charge is 0.337 e. The summed E-state index contributed by atoms with van der Waals surface area (Å²) in [7, 11) is 1.30. The number of esters is 1. The predicted molar refractivity (Wildman–Crippen MR) is 125 cm³/mol. The number of thioether (sulfide) groups is 1. The molecule has 2 amide bonds. The number of hydrogen-bond donors (Lipinski definition) is 2. The van der Waals surface area contributed by atoms with Crippen LogP contribution in [-0.4, -0.2) is 52.6 Å². The zero-order chi connectivity index (χ0) is 23.1. The maximum atomic E-state index is 12.7. The molecule has 9 heteroatoms. The highest BCUT2D eigenvalue weighted by atomic mass is 32.2. The van der Waals surface area contributed by atoms with Crippen molar-refractivity contribution in [1.82, 2.24) is 4.90 Å². The number of carbonyl (C=O) groups excluding carboxylic acids is 3. The molecular formula is C23H24N4O4S. The highest BCUT2D eigenvalue weighted by Crippen LogP contribution is 2.23. The number of benzene rings is 2. The normalized spacial score (nSPS) is 14.6. The summed E-state index contributed by atoms with van der Waals surface area (Å²) in [4.78, 5) is 41.9. The molecule has 166 valence electrons. The topological polar surface area (TPSA) is 112 Å². The molecule has 3 rings (SSSR count). The lowest BCUT2D eigenvalue weighted by molar-refractivity contribution is -0.117. The highest BCUT2D eigenvalue weighted by molar-refractivity contribution is 8.15. The Morgan fingerprint density at radius 3 is 2.53 bits per heavy atom. The molecule has 0 aromatic heterocycles. The van der Waals surface area contributed by atoms with Crippen molar-refractivity contribution < 1.29 is 19.1 Å². The van der Waals surface area contributed by atoms with E-state index in [4.69, 9.17) is 5.41 Å². The number of nitrogens with one attached hydrogen (secondary N) is 2. The number of amides is 2. The van der Waals surface area contributed by atoms with Gasteiger partial charge in [-0.15, -0.1) is 0 Å². The molecule has 0 spiro atoms. The van der Waals surface area contributed by atoms with E-state index >= 15 is 0 Å². The van der Waals surface area contributed by atoms with Crippen molar-refractivity contribution in [3.05, 3.63) is 65.7 Å². The molecule has 0 radical (unpaired) electrons. The average Bonchev–Trinajstić information content (AvgIpc) is 2.79. The van der Waals surface area contributed by atoms with Gasteiger partial charge in [0, 0.05) is 12.2 Å². The fourth-order valence-electron chi connectivity index (χ4n) is 3.03. The van der Waals surface area contributed by atoms with E-state index in [1.54, 1.807) is 36.1 Å². The van der Waals surface area contributed by atoms with Crippen LogP contribution in [0, 0.1) is 5.41 Å². The number of anilines is 1. The second kappa shape index (κ2) is 10.7. The van der Waals surface area contributed by atoms with Gasteiger partial charge in [-0.3, -0.25) is 15.0 Å². The lowest BCUT2D eigenvalue weighted by Crippen LogP contribution is -2.42. The number of amidine groups is 2. The standard InChI is InChI=1S/C23H24N4O4S/c1-15(21(29)25-18-10-8-17(9-11-18)22(30)31-2)32-23-26-20(28)14-19(24)27(23)13-12-16-6-4-3-5-7-16/h3-11,15,24H,12-14H2,1-2H3,(H,25,29). The molecule has 2 aromatic carbocycles. The van der Waals surface area contributed by atoms with Crippen molar-refractivity contribution in [3.8, 4) is 0 Å². The van der Waals surface area contributed by atoms with Crippen molar-refractivity contribution in [2.45, 2.75) is 25.0 Å². The van der Waals surface area contributed by atoms with Crippen molar-refractivity contribution in [3.63, 3.8) is 0 Å². The summed E-state index contributed by atoms with van der Waals surface area (Å²) in [5, 5.41) is 10.8. The van der Waals surface area contributed by atoms with Gasteiger partial charge in [0.25, 0.3) is 5.91 Å². The number of rotatable bonds is 7. The van der Waals surface area contributed by atoms with Crippen LogP contribution >= 0.6 is 11.8 Å². The summed E-state index contributed by atoms with van der Waals surface area (Å²) in [5.74, 6) is -0.949. The number of nitrogens with zero attached hydrogens (tertiary/aromatic N) is 2. The molecule has 0 saturated heterocycles. The summed E-state index contributed by atoms with van der Waals surface area (Å²) in [6.07, 6.45) is 0.635. The zero-order valence-corrected chi connectivity index (χ0v) is 18.6. The van der Waals surface area contributed by atoms with Crippen LogP contribution in [-0.2, 0) is 20.7 Å². The van der Waals surface area contributed by atoms with Gasteiger partial charge in [-0.25, -0.2) is 4.79 Å². The molecule has 1 aliphatic rings. The number of ether oxygens (including phenoxy) is 1. The fourth-order valence-corrected chi connectivity index (χ4v) is 4.00. The summed E-state index contributed by atoms with van der Waals surface area (Å²) in [6, 6.07) is 16.2. The molecule has 2 N–H and O–H groups in total. The number of aliphatic imine (C=N–C) groups is 1. The van der Waals surface area contributed by atoms with E-state index in [2.05, 4.69) is 15.0 Å². The van der Waals surface area contributed by atoms with E-state index in [-0.39, 0.29) is 24.1 Å². The zero-order valence-electron chi connectivity index (χ0n) is 17.8. The molecule has 2 aromatic rings. The van der Waals surface area contributed by atoms with Crippen LogP contribution in [0.25, 0.3) is 0 Å². The lowest BCUT2D eigenvalue weighted by atomic mass is 10.1. The van der Waals surface area contributed by atoms with Gasteiger partial charge < -0.3 is 15.0 Å². The molecular weight excluding hydrogens is 428 g/mol. The van der Waals surface area contributed by atoms with E-state index in [1.807, 2.05) is 30.3 Å². The van der Waals surface area contributed by atoms with Crippen molar-refractivity contribution in [2.24, 2.45) is 4.99 Å². The molecule has 1 unspecified atom stereocenters. The Morgan fingerprint density at radius 2 is 1.88 bits per heavy atom. The van der Waals surface area contributed by atoms with Gasteiger partial charge in [0.15, 0.2) is 5.17 Å². The van der Waals surface area contributed by atoms with Crippen LogP contribution in [0.5, 0.6) is 0 Å². The fraction of sp³-hybridized carbons (Fsp3) is 0.261. The molecule has 1 heterocycles. The van der Waals surface area contributed by atoms with Crippen molar-refractivity contribution in [2.75, 3.05) is 19.0 Å². The predicted octanol–water partition coefficient (Wildman–Crippen LogP) is 3.34. The monoisotopic (exact) mass is 452 g/mol. The first-order valence-electron chi connectivity index (χ1n) is 10.0. The van der Waals surface area contributed by atoms with Gasteiger partial charge in [-0.1, -0.05) is 42.1 Å². The lowest BCUT2D eigenvalue weighted by Gasteiger charge is -2.29. The molecule has 8 nitrogen and oxygen atoms in total. The third-order valence-electron chi connectivity index (χ3n) is 4.79. The van der Waals surface area contributed by atoms with Crippen LogP contribution in [0.4, 0.5) is 5.69 Å². The summed E-state index contributed by atoms with van der Waals surface area (Å²) in [5.41, 5.74) is 2.03. The summed E-state index contributed by atoms with van der Waals surface area (Å²) in [6.45, 7) is 2.20. The number of carbonyl (C=O) groups is 3. The molecule has 0 saturated carbocycles.